The predicted molar refractivity (Wildman–Crippen MR) is 69.4 cm³/mol. The zero-order valence-corrected chi connectivity index (χ0v) is 11.2. The Balaban J connectivity index is 2.04. The largest absolute Gasteiger partial charge is 0.326 e. The molecule has 1 aromatic carbocycles. The van der Waals surface area contributed by atoms with E-state index in [1.807, 2.05) is 32.0 Å². The summed E-state index contributed by atoms with van der Waals surface area (Å²) in [7, 11) is 0. The fourth-order valence-corrected chi connectivity index (χ4v) is 2.48. The predicted octanol–water partition coefficient (Wildman–Crippen LogP) is 3.74. The van der Waals surface area contributed by atoms with Gasteiger partial charge in [0, 0.05) is 16.1 Å². The lowest BCUT2D eigenvalue weighted by molar-refractivity contribution is -0.119. The van der Waals surface area contributed by atoms with Crippen LogP contribution in [0.15, 0.2) is 22.7 Å². The van der Waals surface area contributed by atoms with Crippen LogP contribution in [0.3, 0.4) is 0 Å². The molecule has 1 saturated carbocycles. The van der Waals surface area contributed by atoms with E-state index in [1.54, 1.807) is 0 Å². The van der Waals surface area contributed by atoms with Crippen molar-refractivity contribution in [2.24, 2.45) is 11.8 Å². The summed E-state index contributed by atoms with van der Waals surface area (Å²) < 4.78 is 1.00. The molecule has 1 atom stereocenters. The number of carbonyl (C=O) groups excluding carboxylic acids is 1. The Bertz CT molecular complexity index is 392. The third-order valence-electron chi connectivity index (χ3n) is 3.05. The summed E-state index contributed by atoms with van der Waals surface area (Å²) in [5, 5.41) is 2.98. The van der Waals surface area contributed by atoms with Gasteiger partial charge in [-0.15, -0.1) is 0 Å². The fraction of sp³-hybridized carbons (Fsp3) is 0.462. The maximum Gasteiger partial charge on any atom is 0.227 e. The zero-order chi connectivity index (χ0) is 11.7. The van der Waals surface area contributed by atoms with E-state index >= 15 is 0 Å². The normalized spacial score (nSPS) is 16.9. The fourth-order valence-electron chi connectivity index (χ4n) is 1.87. The summed E-state index contributed by atoms with van der Waals surface area (Å²) in [5.74, 6) is 0.882. The zero-order valence-electron chi connectivity index (χ0n) is 9.59. The van der Waals surface area contributed by atoms with Gasteiger partial charge in [0.1, 0.15) is 0 Å². The number of aryl methyl sites for hydroxylation is 1. The van der Waals surface area contributed by atoms with Crippen molar-refractivity contribution >= 4 is 27.5 Å². The molecule has 1 aliphatic carbocycles. The van der Waals surface area contributed by atoms with Crippen LogP contribution in [0, 0.1) is 18.8 Å². The van der Waals surface area contributed by atoms with Crippen molar-refractivity contribution in [1.29, 1.82) is 0 Å². The molecule has 2 nitrogen and oxygen atoms in total. The molecule has 0 saturated heterocycles. The van der Waals surface area contributed by atoms with Crippen LogP contribution in [0.2, 0.25) is 0 Å². The second-order valence-electron chi connectivity index (χ2n) is 4.63. The van der Waals surface area contributed by atoms with Crippen LogP contribution in [0.4, 0.5) is 5.69 Å². The van der Waals surface area contributed by atoms with Crippen LogP contribution in [0.5, 0.6) is 0 Å². The van der Waals surface area contributed by atoms with Gasteiger partial charge >= 0.3 is 0 Å². The van der Waals surface area contributed by atoms with Crippen molar-refractivity contribution in [3.8, 4) is 0 Å². The summed E-state index contributed by atoms with van der Waals surface area (Å²) in [6, 6.07) is 5.95. The maximum absolute atomic E-state index is 11.9. The highest BCUT2D eigenvalue weighted by atomic mass is 79.9. The molecule has 0 spiro atoms. The number of nitrogens with one attached hydrogen (secondary N) is 1. The van der Waals surface area contributed by atoms with Gasteiger partial charge in [-0.3, -0.25) is 4.79 Å². The second kappa shape index (κ2) is 4.58. The molecule has 0 aliphatic heterocycles. The minimum Gasteiger partial charge on any atom is -0.326 e. The SMILES string of the molecule is Cc1cc(Br)cc(NC(=O)C(C)C2CC2)c1. The molecule has 2 rings (SSSR count). The average molecular weight is 282 g/mol. The van der Waals surface area contributed by atoms with E-state index in [1.165, 1.54) is 12.8 Å². The molecule has 0 heterocycles. The van der Waals surface area contributed by atoms with Gasteiger partial charge in [-0.25, -0.2) is 0 Å². The van der Waals surface area contributed by atoms with Gasteiger partial charge in [0.15, 0.2) is 0 Å². The van der Waals surface area contributed by atoms with Crippen molar-refractivity contribution in [1.82, 2.24) is 0 Å². The second-order valence-corrected chi connectivity index (χ2v) is 5.55. The van der Waals surface area contributed by atoms with Gasteiger partial charge in [-0.1, -0.05) is 22.9 Å². The molecule has 1 N–H and O–H groups in total. The molecule has 1 aliphatic rings. The van der Waals surface area contributed by atoms with Crippen molar-refractivity contribution in [3.05, 3.63) is 28.2 Å². The number of amides is 1. The molecule has 0 radical (unpaired) electrons. The molecular formula is C13H16BrNO. The monoisotopic (exact) mass is 281 g/mol. The lowest BCUT2D eigenvalue weighted by atomic mass is 10.1. The first-order valence-corrected chi connectivity index (χ1v) is 6.43. The van der Waals surface area contributed by atoms with Crippen molar-refractivity contribution < 1.29 is 4.79 Å². The first kappa shape index (κ1) is 11.6. The Morgan fingerprint density at radius 1 is 1.44 bits per heavy atom. The number of hydrogen-bond acceptors (Lipinski definition) is 1. The minimum absolute atomic E-state index is 0.138. The summed E-state index contributed by atoms with van der Waals surface area (Å²) in [5.41, 5.74) is 2.02. The quantitative estimate of drug-likeness (QED) is 0.899. The molecule has 1 amide bonds. The van der Waals surface area contributed by atoms with E-state index in [4.69, 9.17) is 0 Å². The van der Waals surface area contributed by atoms with Gasteiger partial charge in [0.05, 0.1) is 0 Å². The maximum atomic E-state index is 11.9. The van der Waals surface area contributed by atoms with Gasteiger partial charge in [0.25, 0.3) is 0 Å². The van der Waals surface area contributed by atoms with Crippen molar-refractivity contribution in [2.75, 3.05) is 5.32 Å². The molecule has 1 aromatic rings. The lowest BCUT2D eigenvalue weighted by Crippen LogP contribution is -2.21. The number of benzene rings is 1. The van der Waals surface area contributed by atoms with Crippen LogP contribution >= 0.6 is 15.9 Å². The van der Waals surface area contributed by atoms with E-state index in [0.29, 0.717) is 5.92 Å². The lowest BCUT2D eigenvalue weighted by Gasteiger charge is -2.11. The number of rotatable bonds is 3. The van der Waals surface area contributed by atoms with Gasteiger partial charge in [0.2, 0.25) is 5.91 Å². The Morgan fingerprint density at radius 3 is 2.69 bits per heavy atom. The third-order valence-corrected chi connectivity index (χ3v) is 3.51. The molecule has 0 aromatic heterocycles. The molecule has 1 fully saturated rings. The first-order valence-electron chi connectivity index (χ1n) is 5.64. The number of anilines is 1. The summed E-state index contributed by atoms with van der Waals surface area (Å²) in [6.07, 6.45) is 2.40. The van der Waals surface area contributed by atoms with Gasteiger partial charge in [-0.2, -0.15) is 0 Å². The Labute approximate surface area is 105 Å². The molecule has 3 heteroatoms. The smallest absolute Gasteiger partial charge is 0.227 e. The van der Waals surface area contributed by atoms with Crippen LogP contribution in [-0.4, -0.2) is 5.91 Å². The molecule has 16 heavy (non-hydrogen) atoms. The highest BCUT2D eigenvalue weighted by Crippen LogP contribution is 2.37. The molecular weight excluding hydrogens is 266 g/mol. The molecule has 0 bridgehead atoms. The topological polar surface area (TPSA) is 29.1 Å². The van der Waals surface area contributed by atoms with Gasteiger partial charge in [-0.05, 0) is 49.4 Å². The van der Waals surface area contributed by atoms with Crippen molar-refractivity contribution in [3.63, 3.8) is 0 Å². The van der Waals surface area contributed by atoms with Crippen LogP contribution in [0.25, 0.3) is 0 Å². The number of hydrogen-bond donors (Lipinski definition) is 1. The van der Waals surface area contributed by atoms with E-state index in [9.17, 15) is 4.79 Å². The van der Waals surface area contributed by atoms with E-state index in [2.05, 4.69) is 21.2 Å². The van der Waals surface area contributed by atoms with E-state index in [0.717, 1.165) is 15.7 Å². The molecule has 86 valence electrons. The Hall–Kier alpha value is -0.830. The highest BCUT2D eigenvalue weighted by molar-refractivity contribution is 9.10. The van der Waals surface area contributed by atoms with Crippen molar-refractivity contribution in [2.45, 2.75) is 26.7 Å². The van der Waals surface area contributed by atoms with Gasteiger partial charge < -0.3 is 5.32 Å². The average Bonchev–Trinajstić information content (AvgIpc) is 2.97. The standard InChI is InChI=1S/C13H16BrNO/c1-8-5-11(14)7-12(6-8)15-13(16)9(2)10-3-4-10/h5-7,9-10H,3-4H2,1-2H3,(H,15,16). The number of halogens is 1. The van der Waals surface area contributed by atoms with Crippen LogP contribution < -0.4 is 5.32 Å². The Kier molecular flexibility index (Phi) is 3.33. The Morgan fingerprint density at radius 2 is 2.12 bits per heavy atom. The van der Waals surface area contributed by atoms with E-state index < -0.39 is 0 Å². The van der Waals surface area contributed by atoms with E-state index in [-0.39, 0.29) is 11.8 Å². The first-order chi connectivity index (χ1) is 7.56. The number of carbonyl (C=O) groups is 1. The molecule has 1 unspecified atom stereocenters. The third kappa shape index (κ3) is 2.85. The summed E-state index contributed by atoms with van der Waals surface area (Å²) >= 11 is 3.43. The minimum atomic E-state index is 0.138. The summed E-state index contributed by atoms with van der Waals surface area (Å²) in [4.78, 5) is 11.9. The highest BCUT2D eigenvalue weighted by Gasteiger charge is 2.32. The van der Waals surface area contributed by atoms with Crippen LogP contribution in [0.1, 0.15) is 25.3 Å². The van der Waals surface area contributed by atoms with Crippen LogP contribution in [-0.2, 0) is 4.79 Å². The summed E-state index contributed by atoms with van der Waals surface area (Å²) in [6.45, 7) is 4.03.